The molecule has 21 heavy (non-hydrogen) atoms. The van der Waals surface area contributed by atoms with Gasteiger partial charge in [-0.15, -0.1) is 0 Å². The van der Waals surface area contributed by atoms with Crippen LogP contribution in [0.3, 0.4) is 0 Å². The Hall–Kier alpha value is -1.35. The predicted molar refractivity (Wildman–Crippen MR) is 72.7 cm³/mol. The number of rotatable bonds is 3. The van der Waals surface area contributed by atoms with E-state index < -0.39 is 28.3 Å². The van der Waals surface area contributed by atoms with Gasteiger partial charge >= 0.3 is 22.3 Å². The van der Waals surface area contributed by atoms with Crippen molar-refractivity contribution in [2.45, 2.75) is 50.6 Å². The monoisotopic (exact) mass is 320 g/mol. The van der Waals surface area contributed by atoms with E-state index in [4.69, 9.17) is 0 Å². The van der Waals surface area contributed by atoms with Crippen LogP contribution >= 0.6 is 0 Å². The minimum atomic E-state index is -4.23. The third-order valence-corrected chi connectivity index (χ3v) is 5.78. The van der Waals surface area contributed by atoms with Gasteiger partial charge in [-0.3, -0.25) is 4.79 Å². The number of ether oxygens (including phenoxy) is 1. The Balaban J connectivity index is 2.31. The first kappa shape index (κ1) is 16.0. The number of carbonyl (C=O) groups is 2. The van der Waals surface area contributed by atoms with Gasteiger partial charge in [0.2, 0.25) is 0 Å². The molecule has 0 aromatic heterocycles. The van der Waals surface area contributed by atoms with E-state index in [9.17, 15) is 23.1 Å². The summed E-state index contributed by atoms with van der Waals surface area (Å²) in [6.07, 6.45) is 3.24. The summed E-state index contributed by atoms with van der Waals surface area (Å²) in [4.78, 5) is 22.6. The van der Waals surface area contributed by atoms with Crippen molar-refractivity contribution in [1.29, 1.82) is 0 Å². The Labute approximate surface area is 123 Å². The minimum Gasteiger partial charge on any atom is -0.480 e. The fraction of sp³-hybridized carbons (Fsp3) is 0.833. The van der Waals surface area contributed by atoms with E-state index in [0.29, 0.717) is 12.8 Å². The molecule has 2 rings (SSSR count). The van der Waals surface area contributed by atoms with E-state index >= 15 is 0 Å². The van der Waals surface area contributed by atoms with Crippen molar-refractivity contribution < 1.29 is 27.9 Å². The van der Waals surface area contributed by atoms with Crippen molar-refractivity contribution in [3.05, 3.63) is 0 Å². The molecule has 0 aromatic rings. The second-order valence-electron chi connectivity index (χ2n) is 5.47. The molecule has 1 amide bonds. The molecular weight excluding hydrogens is 300 g/mol. The zero-order valence-electron chi connectivity index (χ0n) is 11.8. The van der Waals surface area contributed by atoms with Gasteiger partial charge in [0.1, 0.15) is 6.04 Å². The Bertz CT molecular complexity index is 520. The third kappa shape index (κ3) is 3.29. The molecule has 0 aromatic carbocycles. The summed E-state index contributed by atoms with van der Waals surface area (Å²) in [5.41, 5.74) is 0. The number of fused-ring (bicyclic) bond motifs is 1. The number of carbonyl (C=O) groups excluding carboxylic acids is 1. The lowest BCUT2D eigenvalue weighted by Crippen LogP contribution is -2.60. The molecule has 1 aliphatic heterocycles. The Kier molecular flexibility index (Phi) is 4.72. The van der Waals surface area contributed by atoms with E-state index in [1.54, 1.807) is 4.72 Å². The Morgan fingerprint density at radius 1 is 1.19 bits per heavy atom. The maximum Gasteiger partial charge on any atom is 0.421 e. The zero-order valence-corrected chi connectivity index (χ0v) is 12.6. The highest BCUT2D eigenvalue weighted by atomic mass is 32.2. The molecule has 2 fully saturated rings. The van der Waals surface area contributed by atoms with Gasteiger partial charge in [0.05, 0.1) is 7.11 Å². The fourth-order valence-electron chi connectivity index (χ4n) is 3.37. The lowest BCUT2D eigenvalue weighted by molar-refractivity contribution is -0.144. The summed E-state index contributed by atoms with van der Waals surface area (Å²) in [7, 11) is -3.18. The van der Waals surface area contributed by atoms with Crippen LogP contribution in [0.15, 0.2) is 0 Å². The molecule has 120 valence electrons. The largest absolute Gasteiger partial charge is 0.480 e. The molecule has 1 heterocycles. The van der Waals surface area contributed by atoms with E-state index in [-0.39, 0.29) is 18.4 Å². The molecule has 0 bridgehead atoms. The van der Waals surface area contributed by atoms with Gasteiger partial charge in [0.15, 0.2) is 0 Å². The maximum absolute atomic E-state index is 12.4. The molecule has 3 unspecified atom stereocenters. The summed E-state index contributed by atoms with van der Waals surface area (Å²) >= 11 is 0. The number of methoxy groups -OCH3 is 1. The van der Waals surface area contributed by atoms with Gasteiger partial charge < -0.3 is 9.84 Å². The fourth-order valence-corrected chi connectivity index (χ4v) is 4.93. The molecule has 0 spiro atoms. The number of carboxylic acid groups (broad SMARTS) is 1. The van der Waals surface area contributed by atoms with E-state index in [2.05, 4.69) is 4.74 Å². The molecule has 9 heteroatoms. The van der Waals surface area contributed by atoms with Gasteiger partial charge in [-0.2, -0.15) is 12.7 Å². The van der Waals surface area contributed by atoms with Crippen molar-refractivity contribution in [3.63, 3.8) is 0 Å². The molecule has 1 saturated heterocycles. The van der Waals surface area contributed by atoms with Crippen LogP contribution in [0.5, 0.6) is 0 Å². The van der Waals surface area contributed by atoms with E-state index in [0.717, 1.165) is 30.7 Å². The molecule has 1 aliphatic carbocycles. The van der Waals surface area contributed by atoms with E-state index in [1.807, 2.05) is 0 Å². The van der Waals surface area contributed by atoms with Gasteiger partial charge in [0, 0.05) is 6.04 Å². The summed E-state index contributed by atoms with van der Waals surface area (Å²) in [5, 5.41) is 9.30. The molecule has 3 atom stereocenters. The number of aliphatic carboxylic acids is 1. The summed E-state index contributed by atoms with van der Waals surface area (Å²) in [6.45, 7) is 0. The first-order valence-electron chi connectivity index (χ1n) is 6.99. The Morgan fingerprint density at radius 2 is 1.86 bits per heavy atom. The van der Waals surface area contributed by atoms with Crippen molar-refractivity contribution in [1.82, 2.24) is 9.03 Å². The van der Waals surface area contributed by atoms with Crippen molar-refractivity contribution >= 4 is 22.3 Å². The maximum atomic E-state index is 12.4. The first-order chi connectivity index (χ1) is 9.86. The van der Waals surface area contributed by atoms with Crippen LogP contribution in [-0.2, 0) is 19.7 Å². The average molecular weight is 320 g/mol. The summed E-state index contributed by atoms with van der Waals surface area (Å²) in [5.74, 6) is -1.03. The summed E-state index contributed by atoms with van der Waals surface area (Å²) < 4.78 is 31.8. The normalized spacial score (nSPS) is 30.2. The Morgan fingerprint density at radius 3 is 2.48 bits per heavy atom. The quantitative estimate of drug-likeness (QED) is 0.791. The molecular formula is C12H20N2O6S. The molecule has 1 saturated carbocycles. The highest BCUT2D eigenvalue weighted by Gasteiger charge is 2.47. The van der Waals surface area contributed by atoms with Crippen molar-refractivity contribution in [2.24, 2.45) is 5.92 Å². The molecule has 2 aliphatic rings. The number of hydrogen-bond acceptors (Lipinski definition) is 5. The zero-order chi connectivity index (χ0) is 15.6. The standard InChI is InChI=1S/C12H20N2O6S/c1-20-12(17)13-21(18,19)14-9-5-3-2-4-8(9)6-7-10(14)11(15)16/h8-10H,2-7H2,1H3,(H,13,17)(H,15,16). The van der Waals surface area contributed by atoms with Gasteiger partial charge in [0.25, 0.3) is 0 Å². The number of nitrogens with zero attached hydrogens (tertiary/aromatic N) is 1. The highest BCUT2D eigenvalue weighted by Crippen LogP contribution is 2.39. The lowest BCUT2D eigenvalue weighted by atomic mass is 9.78. The molecule has 2 N–H and O–H groups in total. The predicted octanol–water partition coefficient (Wildman–Crippen LogP) is 0.695. The van der Waals surface area contributed by atoms with Gasteiger partial charge in [-0.05, 0) is 31.6 Å². The summed E-state index contributed by atoms with van der Waals surface area (Å²) in [6, 6.07) is -1.50. The lowest BCUT2D eigenvalue weighted by Gasteiger charge is -2.45. The third-order valence-electron chi connectivity index (χ3n) is 4.27. The second-order valence-corrected chi connectivity index (χ2v) is 7.05. The first-order valence-corrected chi connectivity index (χ1v) is 8.43. The van der Waals surface area contributed by atoms with E-state index in [1.165, 1.54) is 0 Å². The average Bonchev–Trinajstić information content (AvgIpc) is 2.45. The molecule has 8 nitrogen and oxygen atoms in total. The number of amides is 1. The van der Waals surface area contributed by atoms with Crippen LogP contribution in [0, 0.1) is 5.92 Å². The number of nitrogens with one attached hydrogen (secondary N) is 1. The van der Waals surface area contributed by atoms with Crippen LogP contribution in [0.2, 0.25) is 0 Å². The van der Waals surface area contributed by atoms with Crippen LogP contribution < -0.4 is 4.72 Å². The topological polar surface area (TPSA) is 113 Å². The number of piperidine rings is 1. The van der Waals surface area contributed by atoms with Crippen LogP contribution in [-0.4, -0.2) is 49.1 Å². The molecule has 0 radical (unpaired) electrons. The second kappa shape index (κ2) is 6.18. The van der Waals surface area contributed by atoms with Crippen LogP contribution in [0.25, 0.3) is 0 Å². The van der Waals surface area contributed by atoms with Crippen molar-refractivity contribution in [3.8, 4) is 0 Å². The number of hydrogen-bond donors (Lipinski definition) is 2. The van der Waals surface area contributed by atoms with Crippen LogP contribution in [0.4, 0.5) is 4.79 Å². The number of carboxylic acids is 1. The SMILES string of the molecule is COC(=O)NS(=O)(=O)N1C(C(=O)O)CCC2CCCCC21. The smallest absolute Gasteiger partial charge is 0.421 e. The van der Waals surface area contributed by atoms with Crippen LogP contribution in [0.1, 0.15) is 38.5 Å². The highest BCUT2D eigenvalue weighted by molar-refractivity contribution is 7.87. The van der Waals surface area contributed by atoms with Gasteiger partial charge in [-0.1, -0.05) is 12.8 Å². The van der Waals surface area contributed by atoms with Gasteiger partial charge in [-0.25, -0.2) is 9.52 Å². The minimum absolute atomic E-state index is 0.156. The van der Waals surface area contributed by atoms with Crippen molar-refractivity contribution in [2.75, 3.05) is 7.11 Å².